The predicted octanol–water partition coefficient (Wildman–Crippen LogP) is 1.09. The first-order valence-electron chi connectivity index (χ1n) is 8.69. The van der Waals surface area contributed by atoms with Crippen LogP contribution >= 0.6 is 0 Å². The Morgan fingerprint density at radius 1 is 1.12 bits per heavy atom. The van der Waals surface area contributed by atoms with E-state index in [0.717, 1.165) is 17.6 Å². The normalized spacial score (nSPS) is 17.4. The smallest absolute Gasteiger partial charge is 0.318 e. The summed E-state index contributed by atoms with van der Waals surface area (Å²) in [6.45, 7) is 3.56. The molecule has 7 heteroatoms. The minimum absolute atomic E-state index is 0.0366. The van der Waals surface area contributed by atoms with E-state index in [9.17, 15) is 9.59 Å². The SMILES string of the molecule is O=C(CNC(=O)N1CCc2c([nH]c3ccccc23)C1)N1CCOCC1. The van der Waals surface area contributed by atoms with Crippen LogP contribution < -0.4 is 5.32 Å². The van der Waals surface area contributed by atoms with E-state index in [1.807, 2.05) is 12.1 Å². The maximum absolute atomic E-state index is 12.4. The zero-order valence-corrected chi connectivity index (χ0v) is 14.1. The number of amides is 3. The van der Waals surface area contributed by atoms with Crippen molar-refractivity contribution in [2.75, 3.05) is 39.4 Å². The Morgan fingerprint density at radius 2 is 1.92 bits per heavy atom. The Morgan fingerprint density at radius 3 is 2.76 bits per heavy atom. The number of aromatic amines is 1. The van der Waals surface area contributed by atoms with Gasteiger partial charge in [0, 0.05) is 36.2 Å². The number of para-hydroxylation sites is 1. The lowest BCUT2D eigenvalue weighted by molar-refractivity contribution is -0.134. The number of aromatic nitrogens is 1. The van der Waals surface area contributed by atoms with Crippen LogP contribution in [-0.2, 0) is 22.5 Å². The number of hydrogen-bond acceptors (Lipinski definition) is 3. The molecule has 0 unspecified atom stereocenters. The topological polar surface area (TPSA) is 77.7 Å². The van der Waals surface area contributed by atoms with Crippen molar-refractivity contribution in [1.29, 1.82) is 0 Å². The summed E-state index contributed by atoms with van der Waals surface area (Å²) in [6.07, 6.45) is 0.824. The third-order valence-corrected chi connectivity index (χ3v) is 4.92. The van der Waals surface area contributed by atoms with Crippen LogP contribution in [0.25, 0.3) is 10.9 Å². The average molecular weight is 342 g/mol. The van der Waals surface area contributed by atoms with E-state index in [0.29, 0.717) is 39.4 Å². The number of benzene rings is 1. The first-order chi connectivity index (χ1) is 12.2. The lowest BCUT2D eigenvalue weighted by Gasteiger charge is -2.29. The maximum atomic E-state index is 12.4. The fourth-order valence-corrected chi connectivity index (χ4v) is 3.55. The van der Waals surface area contributed by atoms with Crippen molar-refractivity contribution in [2.45, 2.75) is 13.0 Å². The van der Waals surface area contributed by atoms with Crippen LogP contribution in [0.3, 0.4) is 0 Å². The third kappa shape index (κ3) is 3.19. The van der Waals surface area contributed by atoms with Gasteiger partial charge in [0.1, 0.15) is 0 Å². The number of ether oxygens (including phenoxy) is 1. The highest BCUT2D eigenvalue weighted by molar-refractivity contribution is 5.86. The van der Waals surface area contributed by atoms with E-state index >= 15 is 0 Å². The van der Waals surface area contributed by atoms with Crippen LogP contribution in [-0.4, -0.2) is 66.1 Å². The van der Waals surface area contributed by atoms with Crippen LogP contribution in [0, 0.1) is 0 Å². The molecule has 7 nitrogen and oxygen atoms in total. The molecular formula is C18H22N4O3. The Balaban J connectivity index is 1.36. The number of morpholine rings is 1. The van der Waals surface area contributed by atoms with Gasteiger partial charge in [-0.15, -0.1) is 0 Å². The predicted molar refractivity (Wildman–Crippen MR) is 93.2 cm³/mol. The molecule has 1 saturated heterocycles. The molecule has 132 valence electrons. The van der Waals surface area contributed by atoms with Crippen LogP contribution in [0.15, 0.2) is 24.3 Å². The summed E-state index contributed by atoms with van der Waals surface area (Å²) in [5.41, 5.74) is 3.49. The maximum Gasteiger partial charge on any atom is 0.318 e. The highest BCUT2D eigenvalue weighted by Crippen LogP contribution is 2.27. The van der Waals surface area contributed by atoms with Crippen molar-refractivity contribution in [3.8, 4) is 0 Å². The summed E-state index contributed by atoms with van der Waals surface area (Å²) in [6, 6.07) is 8.02. The molecule has 3 amide bonds. The van der Waals surface area contributed by atoms with Gasteiger partial charge in [-0.3, -0.25) is 4.79 Å². The zero-order valence-electron chi connectivity index (χ0n) is 14.1. The summed E-state index contributed by atoms with van der Waals surface area (Å²) in [7, 11) is 0. The molecule has 2 aromatic rings. The van der Waals surface area contributed by atoms with E-state index in [4.69, 9.17) is 4.74 Å². The minimum atomic E-state index is -0.189. The van der Waals surface area contributed by atoms with Gasteiger partial charge in [-0.05, 0) is 18.1 Å². The number of fused-ring (bicyclic) bond motifs is 3. The first-order valence-corrected chi connectivity index (χ1v) is 8.69. The zero-order chi connectivity index (χ0) is 17.2. The number of carbonyl (C=O) groups excluding carboxylic acids is 2. The Bertz CT molecular complexity index is 795. The summed E-state index contributed by atoms with van der Waals surface area (Å²) in [5.74, 6) is -0.0556. The van der Waals surface area contributed by atoms with Gasteiger partial charge in [0.2, 0.25) is 5.91 Å². The Hall–Kier alpha value is -2.54. The van der Waals surface area contributed by atoms with Crippen LogP contribution in [0.4, 0.5) is 4.79 Å². The van der Waals surface area contributed by atoms with Crippen molar-refractivity contribution in [1.82, 2.24) is 20.1 Å². The quantitative estimate of drug-likeness (QED) is 0.858. The molecule has 2 N–H and O–H groups in total. The van der Waals surface area contributed by atoms with Gasteiger partial charge in [0.15, 0.2) is 0 Å². The Kier molecular flexibility index (Phi) is 4.31. The van der Waals surface area contributed by atoms with E-state index in [1.54, 1.807) is 9.80 Å². The molecule has 1 aromatic carbocycles. The van der Waals surface area contributed by atoms with Gasteiger partial charge in [-0.2, -0.15) is 0 Å². The van der Waals surface area contributed by atoms with Gasteiger partial charge >= 0.3 is 6.03 Å². The Labute approximate surface area is 145 Å². The molecule has 1 aromatic heterocycles. The molecule has 25 heavy (non-hydrogen) atoms. The van der Waals surface area contributed by atoms with E-state index in [2.05, 4.69) is 22.4 Å². The molecule has 0 aliphatic carbocycles. The van der Waals surface area contributed by atoms with Gasteiger partial charge < -0.3 is 24.8 Å². The molecule has 2 aliphatic rings. The summed E-state index contributed by atoms with van der Waals surface area (Å²) in [5, 5.41) is 3.99. The summed E-state index contributed by atoms with van der Waals surface area (Å²) < 4.78 is 5.24. The van der Waals surface area contributed by atoms with Gasteiger partial charge in [-0.1, -0.05) is 18.2 Å². The van der Waals surface area contributed by atoms with E-state index < -0.39 is 0 Å². The van der Waals surface area contributed by atoms with E-state index in [-0.39, 0.29) is 18.5 Å². The number of nitrogens with zero attached hydrogens (tertiary/aromatic N) is 2. The van der Waals surface area contributed by atoms with Gasteiger partial charge in [0.05, 0.1) is 26.3 Å². The lowest BCUT2D eigenvalue weighted by atomic mass is 10.0. The fourth-order valence-electron chi connectivity index (χ4n) is 3.55. The highest BCUT2D eigenvalue weighted by atomic mass is 16.5. The molecule has 0 bridgehead atoms. The highest BCUT2D eigenvalue weighted by Gasteiger charge is 2.24. The van der Waals surface area contributed by atoms with Crippen molar-refractivity contribution in [3.05, 3.63) is 35.5 Å². The monoisotopic (exact) mass is 342 g/mol. The van der Waals surface area contributed by atoms with Crippen molar-refractivity contribution in [2.24, 2.45) is 0 Å². The molecule has 0 radical (unpaired) electrons. The summed E-state index contributed by atoms with van der Waals surface area (Å²) in [4.78, 5) is 31.4. The molecular weight excluding hydrogens is 320 g/mol. The first kappa shape index (κ1) is 16.0. The summed E-state index contributed by atoms with van der Waals surface area (Å²) >= 11 is 0. The van der Waals surface area contributed by atoms with Crippen molar-refractivity contribution < 1.29 is 14.3 Å². The third-order valence-electron chi connectivity index (χ3n) is 4.92. The number of H-pyrrole nitrogens is 1. The minimum Gasteiger partial charge on any atom is -0.378 e. The number of hydrogen-bond donors (Lipinski definition) is 2. The molecule has 0 atom stereocenters. The lowest BCUT2D eigenvalue weighted by Crippen LogP contribution is -2.49. The van der Waals surface area contributed by atoms with Gasteiger partial charge in [0.25, 0.3) is 0 Å². The molecule has 0 saturated carbocycles. The van der Waals surface area contributed by atoms with E-state index in [1.165, 1.54) is 10.9 Å². The fraction of sp³-hybridized carbons (Fsp3) is 0.444. The number of rotatable bonds is 2. The second-order valence-corrected chi connectivity index (χ2v) is 6.45. The second kappa shape index (κ2) is 6.76. The molecule has 1 fully saturated rings. The standard InChI is InChI=1S/C18H22N4O3/c23-17(21-7-9-25-10-8-21)11-19-18(24)22-6-5-14-13-3-1-2-4-15(13)20-16(14)12-22/h1-4,20H,5-12H2,(H,19,24). The number of carbonyl (C=O) groups is 2. The van der Waals surface area contributed by atoms with Crippen LogP contribution in [0.2, 0.25) is 0 Å². The molecule has 4 rings (SSSR count). The molecule has 3 heterocycles. The van der Waals surface area contributed by atoms with Crippen molar-refractivity contribution in [3.63, 3.8) is 0 Å². The van der Waals surface area contributed by atoms with Crippen molar-refractivity contribution >= 4 is 22.8 Å². The number of urea groups is 1. The van der Waals surface area contributed by atoms with Crippen LogP contribution in [0.1, 0.15) is 11.3 Å². The largest absolute Gasteiger partial charge is 0.378 e. The molecule has 2 aliphatic heterocycles. The van der Waals surface area contributed by atoms with Crippen LogP contribution in [0.5, 0.6) is 0 Å². The number of nitrogens with one attached hydrogen (secondary N) is 2. The van der Waals surface area contributed by atoms with Gasteiger partial charge in [-0.25, -0.2) is 4.79 Å². The second-order valence-electron chi connectivity index (χ2n) is 6.45. The average Bonchev–Trinajstić information content (AvgIpc) is 3.04. The molecule has 0 spiro atoms.